The Labute approximate surface area is 99.8 Å². The second-order valence-electron chi connectivity index (χ2n) is 4.53. The summed E-state index contributed by atoms with van der Waals surface area (Å²) < 4.78 is 31.9. The first kappa shape index (κ1) is 12.5. The van der Waals surface area contributed by atoms with Gasteiger partial charge < -0.3 is 10.5 Å². The van der Waals surface area contributed by atoms with Crippen LogP contribution in [0.4, 0.5) is 8.78 Å². The maximum absolute atomic E-state index is 13.3. The lowest BCUT2D eigenvalue weighted by Crippen LogP contribution is -2.39. The molecule has 0 radical (unpaired) electrons. The molecule has 1 fully saturated rings. The molecule has 2 rings (SSSR count). The topological polar surface area (TPSA) is 35.2 Å². The molecule has 2 atom stereocenters. The lowest BCUT2D eigenvalue weighted by Gasteiger charge is -2.28. The Balaban J connectivity index is 1.94. The number of ether oxygens (including phenoxy) is 1. The Bertz CT molecular complexity index is 384. The molecule has 0 amide bonds. The number of rotatable bonds is 3. The maximum atomic E-state index is 13.3. The van der Waals surface area contributed by atoms with Crippen molar-refractivity contribution in [3.8, 4) is 0 Å². The molecular formula is C13H17F2NO. The number of hydrogen-bond donors (Lipinski definition) is 1. The smallest absolute Gasteiger partial charge is 0.128 e. The molecule has 1 aromatic carbocycles. The molecule has 0 bridgehead atoms. The van der Waals surface area contributed by atoms with E-state index in [4.69, 9.17) is 10.5 Å². The third kappa shape index (κ3) is 3.23. The minimum absolute atomic E-state index is 0.0142. The van der Waals surface area contributed by atoms with E-state index in [9.17, 15) is 8.78 Å². The summed E-state index contributed by atoms with van der Waals surface area (Å²) in [5.41, 5.74) is 6.17. The zero-order valence-corrected chi connectivity index (χ0v) is 9.66. The summed E-state index contributed by atoms with van der Waals surface area (Å²) >= 11 is 0. The lowest BCUT2D eigenvalue weighted by atomic mass is 9.93. The van der Waals surface area contributed by atoms with Gasteiger partial charge in [0.25, 0.3) is 0 Å². The summed E-state index contributed by atoms with van der Waals surface area (Å²) in [5.74, 6) is -0.881. The van der Waals surface area contributed by atoms with E-state index in [0.717, 1.165) is 37.8 Å². The molecule has 4 heteroatoms. The van der Waals surface area contributed by atoms with Gasteiger partial charge in [0.15, 0.2) is 0 Å². The van der Waals surface area contributed by atoms with Gasteiger partial charge >= 0.3 is 0 Å². The van der Waals surface area contributed by atoms with Gasteiger partial charge in [-0.05, 0) is 31.0 Å². The molecule has 1 aliphatic carbocycles. The summed E-state index contributed by atoms with van der Waals surface area (Å²) in [6.07, 6.45) is 4.01. The monoisotopic (exact) mass is 241 g/mol. The molecular weight excluding hydrogens is 224 g/mol. The molecule has 1 aliphatic rings. The maximum Gasteiger partial charge on any atom is 0.128 e. The average Bonchev–Trinajstić information content (AvgIpc) is 2.32. The van der Waals surface area contributed by atoms with Crippen molar-refractivity contribution in [3.05, 3.63) is 35.4 Å². The Morgan fingerprint density at radius 2 is 2.00 bits per heavy atom. The van der Waals surface area contributed by atoms with Crippen LogP contribution in [0.1, 0.15) is 31.2 Å². The molecule has 94 valence electrons. The van der Waals surface area contributed by atoms with Crippen LogP contribution in [0, 0.1) is 11.6 Å². The van der Waals surface area contributed by atoms with Crippen LogP contribution in [0.25, 0.3) is 0 Å². The first-order chi connectivity index (χ1) is 8.16. The van der Waals surface area contributed by atoms with Gasteiger partial charge in [-0.15, -0.1) is 0 Å². The van der Waals surface area contributed by atoms with Gasteiger partial charge in [0.2, 0.25) is 0 Å². The average molecular weight is 241 g/mol. The Morgan fingerprint density at radius 3 is 2.76 bits per heavy atom. The van der Waals surface area contributed by atoms with Gasteiger partial charge in [0.1, 0.15) is 11.6 Å². The molecule has 0 aliphatic heterocycles. The summed E-state index contributed by atoms with van der Waals surface area (Å²) in [6.45, 7) is 0.0853. The molecule has 0 aromatic heterocycles. The number of hydrogen-bond acceptors (Lipinski definition) is 2. The zero-order valence-electron chi connectivity index (χ0n) is 9.66. The SMILES string of the molecule is N[C@H]1CCCC[C@H]1OCc1cc(F)ccc1F. The van der Waals surface area contributed by atoms with Gasteiger partial charge in [-0.25, -0.2) is 8.78 Å². The second kappa shape index (κ2) is 5.56. The van der Waals surface area contributed by atoms with E-state index in [1.165, 1.54) is 6.07 Å². The molecule has 2 N–H and O–H groups in total. The van der Waals surface area contributed by atoms with Crippen molar-refractivity contribution in [2.75, 3.05) is 0 Å². The van der Waals surface area contributed by atoms with E-state index in [1.807, 2.05) is 0 Å². The van der Waals surface area contributed by atoms with E-state index < -0.39 is 11.6 Å². The summed E-state index contributed by atoms with van der Waals surface area (Å²) in [7, 11) is 0. The van der Waals surface area contributed by atoms with E-state index in [0.29, 0.717) is 0 Å². The molecule has 0 spiro atoms. The molecule has 2 nitrogen and oxygen atoms in total. The first-order valence-electron chi connectivity index (χ1n) is 5.98. The lowest BCUT2D eigenvalue weighted by molar-refractivity contribution is 0.00278. The number of benzene rings is 1. The van der Waals surface area contributed by atoms with Crippen LogP contribution in [-0.4, -0.2) is 12.1 Å². The van der Waals surface area contributed by atoms with Crippen LogP contribution in [0.5, 0.6) is 0 Å². The third-order valence-electron chi connectivity index (χ3n) is 3.21. The fraction of sp³-hybridized carbons (Fsp3) is 0.538. The predicted octanol–water partition coefficient (Wildman–Crippen LogP) is 2.75. The fourth-order valence-electron chi connectivity index (χ4n) is 2.18. The van der Waals surface area contributed by atoms with Gasteiger partial charge in [0, 0.05) is 11.6 Å². The normalized spacial score (nSPS) is 24.9. The highest BCUT2D eigenvalue weighted by atomic mass is 19.1. The highest BCUT2D eigenvalue weighted by Crippen LogP contribution is 2.21. The largest absolute Gasteiger partial charge is 0.372 e. The van der Waals surface area contributed by atoms with Crippen molar-refractivity contribution in [1.82, 2.24) is 0 Å². The van der Waals surface area contributed by atoms with Crippen molar-refractivity contribution < 1.29 is 13.5 Å². The van der Waals surface area contributed by atoms with Crippen LogP contribution in [0.2, 0.25) is 0 Å². The zero-order chi connectivity index (χ0) is 12.3. The quantitative estimate of drug-likeness (QED) is 0.883. The first-order valence-corrected chi connectivity index (χ1v) is 5.98. The van der Waals surface area contributed by atoms with Crippen molar-refractivity contribution >= 4 is 0 Å². The Hall–Kier alpha value is -1.00. The van der Waals surface area contributed by atoms with Crippen LogP contribution in [0.3, 0.4) is 0 Å². The molecule has 0 heterocycles. The Morgan fingerprint density at radius 1 is 1.24 bits per heavy atom. The van der Waals surface area contributed by atoms with E-state index in [1.54, 1.807) is 0 Å². The van der Waals surface area contributed by atoms with Gasteiger partial charge in [-0.1, -0.05) is 12.8 Å². The van der Waals surface area contributed by atoms with Gasteiger partial charge in [-0.3, -0.25) is 0 Å². The standard InChI is InChI=1S/C13H17F2NO/c14-10-5-6-11(15)9(7-10)8-17-13-4-2-1-3-12(13)16/h5-7,12-13H,1-4,8,16H2/t12-,13+/m0/s1. The van der Waals surface area contributed by atoms with Gasteiger partial charge in [0.05, 0.1) is 12.7 Å². The molecule has 17 heavy (non-hydrogen) atoms. The Kier molecular flexibility index (Phi) is 4.07. The number of nitrogens with two attached hydrogens (primary N) is 1. The highest BCUT2D eigenvalue weighted by molar-refractivity contribution is 5.17. The van der Waals surface area contributed by atoms with Crippen LogP contribution in [0.15, 0.2) is 18.2 Å². The van der Waals surface area contributed by atoms with Crippen LogP contribution in [-0.2, 0) is 11.3 Å². The second-order valence-corrected chi connectivity index (χ2v) is 4.53. The minimum atomic E-state index is -0.446. The third-order valence-corrected chi connectivity index (χ3v) is 3.21. The van der Waals surface area contributed by atoms with E-state index in [-0.39, 0.29) is 24.3 Å². The summed E-state index contributed by atoms with van der Waals surface area (Å²) in [6, 6.07) is 3.41. The molecule has 0 saturated heterocycles. The summed E-state index contributed by atoms with van der Waals surface area (Å²) in [4.78, 5) is 0. The van der Waals surface area contributed by atoms with Gasteiger partial charge in [-0.2, -0.15) is 0 Å². The van der Waals surface area contributed by atoms with Crippen molar-refractivity contribution in [2.45, 2.75) is 44.4 Å². The highest BCUT2D eigenvalue weighted by Gasteiger charge is 2.22. The van der Waals surface area contributed by atoms with Crippen molar-refractivity contribution in [2.24, 2.45) is 5.73 Å². The van der Waals surface area contributed by atoms with Crippen molar-refractivity contribution in [1.29, 1.82) is 0 Å². The minimum Gasteiger partial charge on any atom is -0.372 e. The van der Waals surface area contributed by atoms with E-state index >= 15 is 0 Å². The van der Waals surface area contributed by atoms with Crippen LogP contribution < -0.4 is 5.73 Å². The fourth-order valence-corrected chi connectivity index (χ4v) is 2.18. The van der Waals surface area contributed by atoms with Crippen molar-refractivity contribution in [3.63, 3.8) is 0 Å². The predicted molar refractivity (Wildman–Crippen MR) is 61.4 cm³/mol. The van der Waals surface area contributed by atoms with E-state index in [2.05, 4.69) is 0 Å². The molecule has 1 aromatic rings. The summed E-state index contributed by atoms with van der Waals surface area (Å²) in [5, 5.41) is 0. The molecule has 1 saturated carbocycles. The number of halogens is 2. The molecule has 0 unspecified atom stereocenters. The van der Waals surface area contributed by atoms with Crippen LogP contribution >= 0.6 is 0 Å².